The number of hydrogen-bond acceptors (Lipinski definition) is 4. The van der Waals surface area contributed by atoms with Crippen LogP contribution in [0.4, 0.5) is 0 Å². The monoisotopic (exact) mass is 314 g/mol. The SMILES string of the molecule is CC(C)Oc1ccc(C(=O)N2CCC[C@@H]2c2cnn(C)c2)cn1. The third kappa shape index (κ3) is 3.36. The summed E-state index contributed by atoms with van der Waals surface area (Å²) in [5, 5.41) is 4.22. The first-order chi connectivity index (χ1) is 11.0. The van der Waals surface area contributed by atoms with E-state index >= 15 is 0 Å². The third-order valence-electron chi connectivity index (χ3n) is 3.96. The van der Waals surface area contributed by atoms with Crippen molar-refractivity contribution in [3.05, 3.63) is 41.9 Å². The zero-order valence-electron chi connectivity index (χ0n) is 13.8. The lowest BCUT2D eigenvalue weighted by molar-refractivity contribution is 0.0735. The maximum atomic E-state index is 12.8. The summed E-state index contributed by atoms with van der Waals surface area (Å²) in [5.74, 6) is 0.557. The zero-order valence-corrected chi connectivity index (χ0v) is 13.8. The number of amides is 1. The van der Waals surface area contributed by atoms with Gasteiger partial charge in [0, 0.05) is 37.6 Å². The second-order valence-corrected chi connectivity index (χ2v) is 6.16. The fourth-order valence-corrected chi connectivity index (χ4v) is 2.95. The van der Waals surface area contributed by atoms with Crippen LogP contribution in [0.15, 0.2) is 30.7 Å². The highest BCUT2D eigenvalue weighted by molar-refractivity contribution is 5.94. The highest BCUT2D eigenvalue weighted by atomic mass is 16.5. The van der Waals surface area contributed by atoms with Crippen LogP contribution < -0.4 is 4.74 Å². The van der Waals surface area contributed by atoms with Crippen LogP contribution >= 0.6 is 0 Å². The second-order valence-electron chi connectivity index (χ2n) is 6.16. The molecule has 1 aliphatic heterocycles. The highest BCUT2D eigenvalue weighted by Gasteiger charge is 2.31. The van der Waals surface area contributed by atoms with Gasteiger partial charge in [-0.15, -0.1) is 0 Å². The van der Waals surface area contributed by atoms with Crippen LogP contribution in [0.1, 0.15) is 48.7 Å². The van der Waals surface area contributed by atoms with Crippen molar-refractivity contribution < 1.29 is 9.53 Å². The molecule has 1 amide bonds. The number of carbonyl (C=O) groups excluding carboxylic acids is 1. The maximum Gasteiger partial charge on any atom is 0.255 e. The molecule has 0 aliphatic carbocycles. The van der Waals surface area contributed by atoms with E-state index in [0.717, 1.165) is 24.9 Å². The average molecular weight is 314 g/mol. The number of nitrogens with zero attached hydrogens (tertiary/aromatic N) is 4. The number of likely N-dealkylation sites (tertiary alicyclic amines) is 1. The van der Waals surface area contributed by atoms with Gasteiger partial charge in [-0.3, -0.25) is 9.48 Å². The second kappa shape index (κ2) is 6.40. The molecule has 0 spiro atoms. The molecular formula is C17H22N4O2. The smallest absolute Gasteiger partial charge is 0.255 e. The van der Waals surface area contributed by atoms with Crippen molar-refractivity contribution in [3.8, 4) is 5.88 Å². The van der Waals surface area contributed by atoms with E-state index < -0.39 is 0 Å². The number of pyridine rings is 1. The van der Waals surface area contributed by atoms with Crippen LogP contribution in [0.3, 0.4) is 0 Å². The molecule has 23 heavy (non-hydrogen) atoms. The lowest BCUT2D eigenvalue weighted by Crippen LogP contribution is -2.30. The van der Waals surface area contributed by atoms with E-state index in [1.165, 1.54) is 0 Å². The Morgan fingerprint density at radius 1 is 1.35 bits per heavy atom. The maximum absolute atomic E-state index is 12.8. The van der Waals surface area contributed by atoms with Crippen molar-refractivity contribution in [1.29, 1.82) is 0 Å². The van der Waals surface area contributed by atoms with Gasteiger partial charge in [0.25, 0.3) is 5.91 Å². The summed E-state index contributed by atoms with van der Waals surface area (Å²) in [6.07, 6.45) is 7.46. The fraction of sp³-hybridized carbons (Fsp3) is 0.471. The predicted molar refractivity (Wildman–Crippen MR) is 86.2 cm³/mol. The minimum atomic E-state index is 0.0138. The molecule has 1 fully saturated rings. The van der Waals surface area contributed by atoms with Crippen LogP contribution in [0, 0.1) is 0 Å². The topological polar surface area (TPSA) is 60.2 Å². The fourth-order valence-electron chi connectivity index (χ4n) is 2.95. The van der Waals surface area contributed by atoms with Gasteiger partial charge in [-0.1, -0.05) is 0 Å². The predicted octanol–water partition coefficient (Wildman–Crippen LogP) is 2.58. The van der Waals surface area contributed by atoms with Crippen molar-refractivity contribution >= 4 is 5.91 Å². The van der Waals surface area contributed by atoms with Crippen LogP contribution in [-0.2, 0) is 7.05 Å². The Kier molecular flexibility index (Phi) is 4.32. The Balaban J connectivity index is 1.76. The third-order valence-corrected chi connectivity index (χ3v) is 3.96. The molecule has 0 unspecified atom stereocenters. The number of rotatable bonds is 4. The van der Waals surface area contributed by atoms with Crippen molar-refractivity contribution in [2.75, 3.05) is 6.54 Å². The normalized spacial score (nSPS) is 17.7. The first kappa shape index (κ1) is 15.5. The minimum absolute atomic E-state index is 0.0138. The van der Waals surface area contributed by atoms with Crippen LogP contribution in [0.2, 0.25) is 0 Å². The Bertz CT molecular complexity index is 678. The first-order valence-corrected chi connectivity index (χ1v) is 7.97. The molecule has 2 aromatic rings. The molecule has 2 aromatic heterocycles. The van der Waals surface area contributed by atoms with E-state index in [0.29, 0.717) is 11.4 Å². The van der Waals surface area contributed by atoms with Crippen molar-refractivity contribution in [3.63, 3.8) is 0 Å². The van der Waals surface area contributed by atoms with Crippen molar-refractivity contribution in [2.45, 2.75) is 38.8 Å². The van der Waals surface area contributed by atoms with Crippen LogP contribution in [0.5, 0.6) is 5.88 Å². The van der Waals surface area contributed by atoms with Gasteiger partial charge in [0.1, 0.15) is 0 Å². The van der Waals surface area contributed by atoms with Crippen molar-refractivity contribution in [1.82, 2.24) is 19.7 Å². The van der Waals surface area contributed by atoms with E-state index in [4.69, 9.17) is 4.74 Å². The summed E-state index contributed by atoms with van der Waals surface area (Å²) >= 11 is 0. The minimum Gasteiger partial charge on any atom is -0.475 e. The van der Waals surface area contributed by atoms with Gasteiger partial charge >= 0.3 is 0 Å². The summed E-state index contributed by atoms with van der Waals surface area (Å²) in [7, 11) is 1.89. The average Bonchev–Trinajstić information content (AvgIpc) is 3.15. The molecule has 6 heteroatoms. The Morgan fingerprint density at radius 2 is 2.17 bits per heavy atom. The first-order valence-electron chi connectivity index (χ1n) is 7.97. The van der Waals surface area contributed by atoms with E-state index in [1.807, 2.05) is 38.2 Å². The Hall–Kier alpha value is -2.37. The molecular weight excluding hydrogens is 292 g/mol. The van der Waals surface area contributed by atoms with E-state index in [2.05, 4.69) is 10.1 Å². The summed E-state index contributed by atoms with van der Waals surface area (Å²) in [4.78, 5) is 18.9. The summed E-state index contributed by atoms with van der Waals surface area (Å²) < 4.78 is 7.29. The van der Waals surface area contributed by atoms with Gasteiger partial charge in [0.15, 0.2) is 0 Å². The number of aromatic nitrogens is 3. The molecule has 3 rings (SSSR count). The molecule has 3 heterocycles. The molecule has 122 valence electrons. The van der Waals surface area contributed by atoms with Gasteiger partial charge in [0.05, 0.1) is 23.9 Å². The summed E-state index contributed by atoms with van der Waals surface area (Å²) in [6, 6.07) is 3.64. The van der Waals surface area contributed by atoms with E-state index in [1.54, 1.807) is 23.0 Å². The molecule has 1 aliphatic rings. The number of hydrogen-bond donors (Lipinski definition) is 0. The molecule has 0 bridgehead atoms. The molecule has 0 saturated carbocycles. The number of aryl methyl sites for hydroxylation is 1. The lowest BCUT2D eigenvalue weighted by atomic mass is 10.1. The van der Waals surface area contributed by atoms with Gasteiger partial charge in [-0.2, -0.15) is 5.10 Å². The van der Waals surface area contributed by atoms with Crippen LogP contribution in [-0.4, -0.2) is 38.2 Å². The van der Waals surface area contributed by atoms with Gasteiger partial charge in [-0.05, 0) is 32.8 Å². The van der Waals surface area contributed by atoms with Gasteiger partial charge in [-0.25, -0.2) is 4.98 Å². The number of ether oxygens (including phenoxy) is 1. The van der Waals surface area contributed by atoms with Crippen LogP contribution in [0.25, 0.3) is 0 Å². The lowest BCUT2D eigenvalue weighted by Gasteiger charge is -2.24. The highest BCUT2D eigenvalue weighted by Crippen LogP contribution is 2.32. The van der Waals surface area contributed by atoms with E-state index in [-0.39, 0.29) is 18.1 Å². The summed E-state index contributed by atoms with van der Waals surface area (Å²) in [6.45, 7) is 4.66. The Morgan fingerprint density at radius 3 is 2.78 bits per heavy atom. The molecule has 6 nitrogen and oxygen atoms in total. The standard InChI is InChI=1S/C17H22N4O2/c1-12(2)23-16-7-6-13(9-18-16)17(22)21-8-4-5-15(21)14-10-19-20(3)11-14/h6-7,9-12,15H,4-5,8H2,1-3H3/t15-/m1/s1. The summed E-state index contributed by atoms with van der Waals surface area (Å²) in [5.41, 5.74) is 1.68. The number of carbonyl (C=O) groups is 1. The molecule has 1 saturated heterocycles. The zero-order chi connectivity index (χ0) is 16.4. The van der Waals surface area contributed by atoms with E-state index in [9.17, 15) is 4.79 Å². The van der Waals surface area contributed by atoms with Gasteiger partial charge in [0.2, 0.25) is 5.88 Å². The molecule has 0 N–H and O–H groups in total. The quantitative estimate of drug-likeness (QED) is 0.870. The molecule has 0 aromatic carbocycles. The Labute approximate surface area is 136 Å². The van der Waals surface area contributed by atoms with Gasteiger partial charge < -0.3 is 9.64 Å². The molecule has 1 atom stereocenters. The van der Waals surface area contributed by atoms with Crippen molar-refractivity contribution in [2.24, 2.45) is 7.05 Å². The molecule has 0 radical (unpaired) electrons. The largest absolute Gasteiger partial charge is 0.475 e.